The summed E-state index contributed by atoms with van der Waals surface area (Å²) in [5.41, 5.74) is 7.21. The molecule has 2 aromatic rings. The molecule has 146 valence electrons. The van der Waals surface area contributed by atoms with Crippen molar-refractivity contribution >= 4 is 67.2 Å². The first-order valence-corrected chi connectivity index (χ1v) is 12.0. The number of fused-ring (bicyclic) bond motifs is 1. The van der Waals surface area contributed by atoms with Crippen molar-refractivity contribution in [3.8, 4) is 0 Å². The molecule has 0 aliphatic carbocycles. The second-order valence-corrected chi connectivity index (χ2v) is 10.1. The number of anilines is 1. The van der Waals surface area contributed by atoms with Crippen molar-refractivity contribution in [3.05, 3.63) is 57.6 Å². The van der Waals surface area contributed by atoms with Crippen LogP contribution in [0.3, 0.4) is 0 Å². The predicted octanol–water partition coefficient (Wildman–Crippen LogP) is 4.04. The molecular weight excluding hydrogens is 439 g/mol. The molecule has 2 aromatic carbocycles. The van der Waals surface area contributed by atoms with E-state index in [1.54, 1.807) is 18.2 Å². The molecular formula is C18H16Cl2N4O2S2. The largest absolute Gasteiger partial charge is 0.270 e. The number of halogens is 2. The fourth-order valence-electron chi connectivity index (χ4n) is 3.10. The van der Waals surface area contributed by atoms with E-state index in [1.807, 2.05) is 18.2 Å². The minimum absolute atomic E-state index is 0.478. The number of hydrogen-bond donors (Lipinski definition) is 1. The van der Waals surface area contributed by atoms with Gasteiger partial charge in [-0.3, -0.25) is 9.73 Å². The number of amidine groups is 1. The summed E-state index contributed by atoms with van der Waals surface area (Å²) in [5, 5.41) is 6.12. The quantitative estimate of drug-likeness (QED) is 0.758. The van der Waals surface area contributed by atoms with E-state index in [-0.39, 0.29) is 0 Å². The zero-order valence-corrected chi connectivity index (χ0v) is 18.0. The fourth-order valence-corrected chi connectivity index (χ4v) is 5.29. The number of hydrazone groups is 1. The van der Waals surface area contributed by atoms with Crippen molar-refractivity contribution in [1.29, 1.82) is 0 Å². The number of rotatable bonds is 3. The fraction of sp³-hybridized carbons (Fsp3) is 0.222. The monoisotopic (exact) mass is 454 g/mol. The van der Waals surface area contributed by atoms with Crippen LogP contribution in [-0.2, 0) is 16.4 Å². The number of nitrogens with zero attached hydrogens (tertiary/aromatic N) is 3. The molecule has 1 N–H and O–H groups in total. The summed E-state index contributed by atoms with van der Waals surface area (Å²) in [6.45, 7) is 0.482. The maximum absolute atomic E-state index is 11.9. The van der Waals surface area contributed by atoms with E-state index in [2.05, 4.69) is 15.5 Å². The molecule has 0 spiro atoms. The highest BCUT2D eigenvalue weighted by Crippen LogP contribution is 2.32. The van der Waals surface area contributed by atoms with Crippen LogP contribution in [0.15, 0.2) is 46.5 Å². The summed E-state index contributed by atoms with van der Waals surface area (Å²) in [5.74, 6) is 0.644. The van der Waals surface area contributed by atoms with Crippen molar-refractivity contribution in [2.45, 2.75) is 6.42 Å². The van der Waals surface area contributed by atoms with Crippen LogP contribution in [0.1, 0.15) is 11.1 Å². The minimum Gasteiger partial charge on any atom is -0.270 e. The van der Waals surface area contributed by atoms with Gasteiger partial charge in [0.05, 0.1) is 28.4 Å². The van der Waals surface area contributed by atoms with Gasteiger partial charge in [0.15, 0.2) is 5.17 Å². The van der Waals surface area contributed by atoms with Gasteiger partial charge in [-0.05, 0) is 47.9 Å². The predicted molar refractivity (Wildman–Crippen MR) is 118 cm³/mol. The van der Waals surface area contributed by atoms with Crippen molar-refractivity contribution < 1.29 is 8.42 Å². The van der Waals surface area contributed by atoms with Crippen molar-refractivity contribution in [1.82, 2.24) is 5.43 Å². The molecule has 0 amide bonds. The lowest BCUT2D eigenvalue weighted by molar-refractivity contribution is 0.598. The van der Waals surface area contributed by atoms with Crippen LogP contribution in [0.25, 0.3) is 0 Å². The second-order valence-electron chi connectivity index (χ2n) is 6.40. The van der Waals surface area contributed by atoms with Gasteiger partial charge in [-0.1, -0.05) is 41.0 Å². The number of hydrogen-bond acceptors (Lipinski definition) is 5. The van der Waals surface area contributed by atoms with Crippen LogP contribution in [0.5, 0.6) is 0 Å². The van der Waals surface area contributed by atoms with Crippen molar-refractivity contribution in [3.63, 3.8) is 0 Å². The van der Waals surface area contributed by atoms with Crippen molar-refractivity contribution in [2.24, 2.45) is 10.1 Å². The van der Waals surface area contributed by atoms with E-state index in [4.69, 9.17) is 23.2 Å². The number of sulfonamides is 1. The minimum atomic E-state index is -3.25. The molecule has 2 aliphatic rings. The van der Waals surface area contributed by atoms with E-state index >= 15 is 0 Å². The van der Waals surface area contributed by atoms with Gasteiger partial charge in [0.25, 0.3) is 0 Å². The summed E-state index contributed by atoms with van der Waals surface area (Å²) in [6.07, 6.45) is 1.93. The van der Waals surface area contributed by atoms with Crippen LogP contribution in [0.4, 0.5) is 11.4 Å². The molecule has 0 fully saturated rings. The van der Waals surface area contributed by atoms with Crippen LogP contribution in [0, 0.1) is 0 Å². The highest BCUT2D eigenvalue weighted by atomic mass is 35.5. The Morgan fingerprint density at radius 2 is 2.04 bits per heavy atom. The maximum atomic E-state index is 11.9. The number of nitrogens with one attached hydrogen (secondary N) is 1. The lowest BCUT2D eigenvalue weighted by Crippen LogP contribution is -2.27. The highest BCUT2D eigenvalue weighted by molar-refractivity contribution is 8.14. The number of benzene rings is 2. The normalized spacial score (nSPS) is 18.0. The van der Waals surface area contributed by atoms with Gasteiger partial charge in [-0.25, -0.2) is 13.4 Å². The van der Waals surface area contributed by atoms with E-state index in [9.17, 15) is 8.42 Å². The van der Waals surface area contributed by atoms with Gasteiger partial charge in [0.2, 0.25) is 10.0 Å². The summed E-state index contributed by atoms with van der Waals surface area (Å²) in [6, 6.07) is 10.9. The van der Waals surface area contributed by atoms with E-state index in [0.717, 1.165) is 22.5 Å². The van der Waals surface area contributed by atoms with Crippen LogP contribution < -0.4 is 9.73 Å². The molecule has 0 radical (unpaired) electrons. The highest BCUT2D eigenvalue weighted by Gasteiger charge is 2.27. The van der Waals surface area contributed by atoms with Crippen LogP contribution >= 0.6 is 35.0 Å². The first kappa shape index (κ1) is 19.6. The van der Waals surface area contributed by atoms with Gasteiger partial charge in [-0.15, -0.1) is 0 Å². The number of thioether (sulfide) groups is 1. The molecule has 2 aliphatic heterocycles. The molecule has 0 saturated heterocycles. The average molecular weight is 455 g/mol. The lowest BCUT2D eigenvalue weighted by Gasteiger charge is -2.18. The molecule has 4 rings (SSSR count). The Morgan fingerprint density at radius 1 is 1.21 bits per heavy atom. The summed E-state index contributed by atoms with van der Waals surface area (Å²) in [7, 11) is -3.25. The third-order valence-corrected chi connectivity index (χ3v) is 7.02. The van der Waals surface area contributed by atoms with E-state index in [0.29, 0.717) is 39.6 Å². The molecule has 0 atom stereocenters. The van der Waals surface area contributed by atoms with Gasteiger partial charge in [0.1, 0.15) is 0 Å². The molecule has 2 heterocycles. The third kappa shape index (κ3) is 4.00. The average Bonchev–Trinajstić information content (AvgIpc) is 3.08. The van der Waals surface area contributed by atoms with E-state index in [1.165, 1.54) is 22.3 Å². The Balaban J connectivity index is 1.54. The number of aliphatic imine (C=N–C) groups is 1. The molecule has 0 saturated carbocycles. The standard InChI is InChI=1S/C18H16Cl2N4O2S2/c1-28(25,26)24-7-6-12-8-11(2-5-17(12)24)16-10-27-18(23-22-16)21-15-4-3-13(19)9-14(15)20/h2-5,8-9H,6-7,10H2,1H3,(H,21,23). The summed E-state index contributed by atoms with van der Waals surface area (Å²) >= 11 is 13.6. The second kappa shape index (κ2) is 7.59. The summed E-state index contributed by atoms with van der Waals surface area (Å²) < 4.78 is 25.2. The van der Waals surface area contributed by atoms with Gasteiger partial charge in [-0.2, -0.15) is 5.10 Å². The zero-order chi connectivity index (χ0) is 19.9. The molecule has 0 unspecified atom stereocenters. The SMILES string of the molecule is CS(=O)(=O)N1CCc2cc(C3=NNC(=Nc4ccc(Cl)cc4Cl)SC3)ccc21. The Morgan fingerprint density at radius 3 is 2.71 bits per heavy atom. The molecule has 10 heteroatoms. The Bertz CT molecular complexity index is 1120. The Hall–Kier alpha value is -1.74. The first-order valence-electron chi connectivity index (χ1n) is 8.41. The molecule has 0 aromatic heterocycles. The van der Waals surface area contributed by atoms with Gasteiger partial charge >= 0.3 is 0 Å². The molecule has 6 nitrogen and oxygen atoms in total. The van der Waals surface area contributed by atoms with Crippen molar-refractivity contribution in [2.75, 3.05) is 22.9 Å². The molecule has 0 bridgehead atoms. The maximum Gasteiger partial charge on any atom is 0.232 e. The van der Waals surface area contributed by atoms with Crippen LogP contribution in [0.2, 0.25) is 10.0 Å². The molecule has 28 heavy (non-hydrogen) atoms. The third-order valence-electron chi connectivity index (χ3n) is 4.43. The zero-order valence-electron chi connectivity index (χ0n) is 14.8. The van der Waals surface area contributed by atoms with E-state index < -0.39 is 10.0 Å². The van der Waals surface area contributed by atoms with Crippen LogP contribution in [-0.4, -0.2) is 37.9 Å². The van der Waals surface area contributed by atoms with Gasteiger partial charge in [0, 0.05) is 17.3 Å². The smallest absolute Gasteiger partial charge is 0.232 e. The topological polar surface area (TPSA) is 74.1 Å². The lowest BCUT2D eigenvalue weighted by atomic mass is 10.1. The summed E-state index contributed by atoms with van der Waals surface area (Å²) in [4.78, 5) is 4.48. The Labute approximate surface area is 177 Å². The first-order chi connectivity index (χ1) is 13.3. The van der Waals surface area contributed by atoms with Gasteiger partial charge < -0.3 is 0 Å². The Kier molecular flexibility index (Phi) is 5.30.